The highest BCUT2D eigenvalue weighted by Gasteiger charge is 2.24. The number of hydrogen-bond donors (Lipinski definition) is 3. The van der Waals surface area contributed by atoms with Crippen LogP contribution in [0.2, 0.25) is 0 Å². The molecule has 2 aromatic rings. The van der Waals surface area contributed by atoms with E-state index in [-0.39, 0.29) is 5.91 Å². The van der Waals surface area contributed by atoms with Crippen molar-refractivity contribution in [3.63, 3.8) is 0 Å². The van der Waals surface area contributed by atoms with Crippen molar-refractivity contribution < 1.29 is 9.90 Å². The number of anilines is 1. The van der Waals surface area contributed by atoms with Gasteiger partial charge in [0.05, 0.1) is 5.39 Å². The van der Waals surface area contributed by atoms with E-state index >= 15 is 0 Å². The van der Waals surface area contributed by atoms with Gasteiger partial charge in [0.2, 0.25) is 5.91 Å². The number of nitrogens with two attached hydrogens (primary N) is 1. The average molecular weight is 275 g/mol. The molecule has 4 N–H and O–H groups in total. The van der Waals surface area contributed by atoms with Crippen LogP contribution in [0.4, 0.5) is 5.82 Å². The molecule has 3 rings (SSSR count). The summed E-state index contributed by atoms with van der Waals surface area (Å²) < 4.78 is 0. The van der Waals surface area contributed by atoms with Gasteiger partial charge in [-0.1, -0.05) is 0 Å². The quantitative estimate of drug-likeness (QED) is 0.727. The second-order valence-corrected chi connectivity index (χ2v) is 5.06. The molecular formula is C13H17N5O2. The van der Waals surface area contributed by atoms with Gasteiger partial charge in [0, 0.05) is 24.7 Å². The van der Waals surface area contributed by atoms with Crippen LogP contribution in [-0.4, -0.2) is 50.8 Å². The van der Waals surface area contributed by atoms with Gasteiger partial charge in [-0.05, 0) is 25.0 Å². The normalized spacial score (nSPS) is 16.8. The second kappa shape index (κ2) is 5.09. The fraction of sp³-hybridized carbons (Fsp3) is 0.462. The summed E-state index contributed by atoms with van der Waals surface area (Å²) >= 11 is 0. The van der Waals surface area contributed by atoms with Gasteiger partial charge >= 0.3 is 0 Å². The van der Waals surface area contributed by atoms with E-state index in [9.17, 15) is 4.79 Å². The maximum Gasteiger partial charge on any atom is 0.248 e. The van der Waals surface area contributed by atoms with E-state index in [2.05, 4.69) is 15.2 Å². The van der Waals surface area contributed by atoms with Crippen molar-refractivity contribution in [2.24, 2.45) is 0 Å². The minimum atomic E-state index is -0.415. The molecular weight excluding hydrogens is 258 g/mol. The Labute approximate surface area is 115 Å². The Bertz CT molecular complexity index is 631. The maximum absolute atomic E-state index is 11.4. The Morgan fingerprint density at radius 1 is 1.45 bits per heavy atom. The molecule has 0 aromatic carbocycles. The first kappa shape index (κ1) is 12.9. The van der Waals surface area contributed by atoms with Gasteiger partial charge in [-0.2, -0.15) is 5.10 Å². The number of piperidine rings is 1. The number of aromatic nitrogens is 3. The number of amides is 1. The van der Waals surface area contributed by atoms with E-state index in [0.29, 0.717) is 30.5 Å². The monoisotopic (exact) mass is 275 g/mol. The largest absolute Gasteiger partial charge is 0.387 e. The van der Waals surface area contributed by atoms with Crippen LogP contribution in [0.3, 0.4) is 0 Å². The van der Waals surface area contributed by atoms with Gasteiger partial charge in [-0.15, -0.1) is 0 Å². The van der Waals surface area contributed by atoms with Crippen LogP contribution < -0.4 is 5.73 Å². The lowest BCUT2D eigenvalue weighted by Crippen LogP contribution is -2.39. The number of nitrogens with one attached hydrogen (secondary N) is 1. The summed E-state index contributed by atoms with van der Waals surface area (Å²) in [4.78, 5) is 17.7. The molecule has 0 radical (unpaired) electrons. The summed E-state index contributed by atoms with van der Waals surface area (Å²) in [7, 11) is 0. The third-order valence-electron chi connectivity index (χ3n) is 3.87. The number of H-pyrrole nitrogens is 1. The third kappa shape index (κ3) is 2.20. The van der Waals surface area contributed by atoms with Crippen LogP contribution in [0.1, 0.15) is 24.5 Å². The van der Waals surface area contributed by atoms with Crippen LogP contribution in [0, 0.1) is 0 Å². The Kier molecular flexibility index (Phi) is 3.27. The van der Waals surface area contributed by atoms with Gasteiger partial charge in [-0.25, -0.2) is 4.98 Å². The lowest BCUT2D eigenvalue weighted by Gasteiger charge is -2.31. The molecule has 20 heavy (non-hydrogen) atoms. The zero-order chi connectivity index (χ0) is 14.1. The zero-order valence-corrected chi connectivity index (χ0v) is 11.0. The van der Waals surface area contributed by atoms with E-state index in [1.807, 2.05) is 12.1 Å². The van der Waals surface area contributed by atoms with Crippen molar-refractivity contribution in [3.05, 3.63) is 17.8 Å². The molecule has 1 amide bonds. The van der Waals surface area contributed by atoms with Crippen molar-refractivity contribution in [1.29, 1.82) is 0 Å². The van der Waals surface area contributed by atoms with Crippen molar-refractivity contribution in [1.82, 2.24) is 20.1 Å². The molecule has 1 aliphatic rings. The molecule has 3 heterocycles. The van der Waals surface area contributed by atoms with Gasteiger partial charge in [0.1, 0.15) is 12.4 Å². The number of aliphatic hydroxyl groups excluding tert-OH is 1. The molecule has 2 aromatic heterocycles. The molecule has 106 valence electrons. The summed E-state index contributed by atoms with van der Waals surface area (Å²) in [6.45, 7) is 0.903. The van der Waals surface area contributed by atoms with Crippen LogP contribution in [0.25, 0.3) is 11.0 Å². The second-order valence-electron chi connectivity index (χ2n) is 5.06. The Balaban J connectivity index is 1.74. The third-order valence-corrected chi connectivity index (χ3v) is 3.87. The number of nitrogen functional groups attached to an aromatic ring is 1. The smallest absolute Gasteiger partial charge is 0.248 e. The van der Waals surface area contributed by atoms with Crippen molar-refractivity contribution in [2.45, 2.75) is 18.8 Å². The molecule has 7 nitrogen and oxygen atoms in total. The Morgan fingerprint density at radius 2 is 2.20 bits per heavy atom. The highest BCUT2D eigenvalue weighted by Crippen LogP contribution is 2.28. The minimum absolute atomic E-state index is 0.202. The highest BCUT2D eigenvalue weighted by atomic mass is 16.3. The first-order chi connectivity index (χ1) is 9.69. The van der Waals surface area contributed by atoms with Gasteiger partial charge in [-0.3, -0.25) is 9.89 Å². The average Bonchev–Trinajstić information content (AvgIpc) is 2.87. The maximum atomic E-state index is 11.4. The number of aliphatic hydroxyl groups is 1. The van der Waals surface area contributed by atoms with Crippen molar-refractivity contribution >= 4 is 22.8 Å². The topological polar surface area (TPSA) is 108 Å². The van der Waals surface area contributed by atoms with Crippen LogP contribution in [0.5, 0.6) is 0 Å². The first-order valence-electron chi connectivity index (χ1n) is 6.68. The van der Waals surface area contributed by atoms with Crippen LogP contribution >= 0.6 is 0 Å². The zero-order valence-electron chi connectivity index (χ0n) is 11.0. The van der Waals surface area contributed by atoms with Gasteiger partial charge < -0.3 is 15.7 Å². The van der Waals surface area contributed by atoms with Crippen molar-refractivity contribution in [3.8, 4) is 0 Å². The number of aromatic amines is 1. The van der Waals surface area contributed by atoms with Crippen molar-refractivity contribution in [2.75, 3.05) is 25.4 Å². The Hall–Kier alpha value is -2.15. The summed E-state index contributed by atoms with van der Waals surface area (Å²) in [6, 6.07) is 3.91. The number of carbonyl (C=O) groups is 1. The number of carbonyl (C=O) groups excluding carboxylic acids is 1. The molecule has 0 unspecified atom stereocenters. The van der Waals surface area contributed by atoms with E-state index < -0.39 is 6.61 Å². The molecule has 1 fully saturated rings. The number of nitrogens with zero attached hydrogens (tertiary/aromatic N) is 3. The summed E-state index contributed by atoms with van der Waals surface area (Å²) in [6.07, 6.45) is 1.70. The van der Waals surface area contributed by atoms with E-state index in [1.54, 1.807) is 4.90 Å². The molecule has 0 bridgehead atoms. The lowest BCUT2D eigenvalue weighted by molar-refractivity contribution is -0.135. The fourth-order valence-electron chi connectivity index (χ4n) is 2.68. The van der Waals surface area contributed by atoms with E-state index in [4.69, 9.17) is 10.8 Å². The number of likely N-dealkylation sites (tertiary alicyclic amines) is 1. The molecule has 0 atom stereocenters. The molecule has 1 aliphatic heterocycles. The minimum Gasteiger partial charge on any atom is -0.387 e. The van der Waals surface area contributed by atoms with Crippen LogP contribution in [-0.2, 0) is 4.79 Å². The number of pyridine rings is 1. The molecule has 1 saturated heterocycles. The first-order valence-corrected chi connectivity index (χ1v) is 6.68. The predicted octanol–water partition coefficient (Wildman–Crippen LogP) is 0.238. The van der Waals surface area contributed by atoms with E-state index in [0.717, 1.165) is 23.9 Å². The molecule has 0 saturated carbocycles. The predicted molar refractivity (Wildman–Crippen MR) is 73.9 cm³/mol. The number of rotatable bonds is 2. The SMILES string of the molecule is Nc1[nH]nc2nc(C3CCN(C(=O)CO)CC3)ccc12. The van der Waals surface area contributed by atoms with Gasteiger partial charge in [0.15, 0.2) is 5.65 Å². The standard InChI is InChI=1S/C13H17N5O2/c14-12-9-1-2-10(15-13(9)17-16-12)8-3-5-18(6-4-8)11(20)7-19/h1-2,8,19H,3-7H2,(H3,14,15,16,17). The summed E-state index contributed by atoms with van der Waals surface area (Å²) in [5.41, 5.74) is 7.37. The molecule has 0 aliphatic carbocycles. The molecule has 7 heteroatoms. The van der Waals surface area contributed by atoms with Crippen LogP contribution in [0.15, 0.2) is 12.1 Å². The van der Waals surface area contributed by atoms with Gasteiger partial charge in [0.25, 0.3) is 0 Å². The highest BCUT2D eigenvalue weighted by molar-refractivity contribution is 5.85. The number of hydrogen-bond acceptors (Lipinski definition) is 5. The molecule has 0 spiro atoms. The summed E-state index contributed by atoms with van der Waals surface area (Å²) in [5.74, 6) is 0.648. The fourth-order valence-corrected chi connectivity index (χ4v) is 2.68. The Morgan fingerprint density at radius 3 is 2.90 bits per heavy atom. The van der Waals surface area contributed by atoms with E-state index in [1.165, 1.54) is 0 Å². The summed E-state index contributed by atoms with van der Waals surface area (Å²) in [5, 5.41) is 16.5. The number of fused-ring (bicyclic) bond motifs is 1. The lowest BCUT2D eigenvalue weighted by atomic mass is 9.93.